The first-order valence-corrected chi connectivity index (χ1v) is 7.82. The first kappa shape index (κ1) is 19.9. The van der Waals surface area contributed by atoms with E-state index >= 15 is 0 Å². The molecule has 3 N–H and O–H groups in total. The molecule has 134 valence electrons. The maximum absolute atomic E-state index is 13.1. The smallest absolute Gasteiger partial charge is 0.320 e. The molecule has 6 nitrogen and oxygen atoms in total. The highest BCUT2D eigenvalue weighted by Gasteiger charge is 2.33. The molecular formula is C14H25ClF2N4O2. The number of amides is 3. The van der Waals surface area contributed by atoms with Gasteiger partial charge >= 0.3 is 6.03 Å². The molecule has 0 bridgehead atoms. The van der Waals surface area contributed by atoms with Crippen LogP contribution in [0.4, 0.5) is 13.6 Å². The minimum Gasteiger partial charge on any atom is -0.350 e. The van der Waals surface area contributed by atoms with Crippen molar-refractivity contribution in [1.82, 2.24) is 15.1 Å². The van der Waals surface area contributed by atoms with E-state index in [1.165, 1.54) is 0 Å². The number of carbonyl (C=O) groups excluding carboxylic acids is 2. The fourth-order valence-corrected chi connectivity index (χ4v) is 2.91. The first-order chi connectivity index (χ1) is 10.4. The zero-order chi connectivity index (χ0) is 16.2. The van der Waals surface area contributed by atoms with Gasteiger partial charge in [0.15, 0.2) is 0 Å². The topological polar surface area (TPSA) is 78.7 Å². The van der Waals surface area contributed by atoms with Crippen LogP contribution in [-0.4, -0.2) is 66.9 Å². The van der Waals surface area contributed by atoms with E-state index in [0.29, 0.717) is 25.9 Å². The lowest BCUT2D eigenvalue weighted by atomic mass is 9.97. The summed E-state index contributed by atoms with van der Waals surface area (Å²) in [5, 5.41) is 2.25. The average Bonchev–Trinajstić information content (AvgIpc) is 3.06. The summed E-state index contributed by atoms with van der Waals surface area (Å²) in [6.07, 6.45) is 3.35. The van der Waals surface area contributed by atoms with Crippen LogP contribution in [-0.2, 0) is 4.79 Å². The SMILES string of the molecule is Cl.NCC(F)(F)CNC(=O)C1CCCN(C(=O)N2CCCC2)C1. The highest BCUT2D eigenvalue weighted by atomic mass is 35.5. The van der Waals surface area contributed by atoms with Gasteiger partial charge in [-0.25, -0.2) is 13.6 Å². The second kappa shape index (κ2) is 8.63. The highest BCUT2D eigenvalue weighted by Crippen LogP contribution is 2.20. The van der Waals surface area contributed by atoms with Crippen molar-refractivity contribution in [2.24, 2.45) is 11.7 Å². The van der Waals surface area contributed by atoms with Crippen LogP contribution in [0.25, 0.3) is 0 Å². The molecular weight excluding hydrogens is 330 g/mol. The normalized spacial score (nSPS) is 21.8. The molecule has 0 aromatic heterocycles. The lowest BCUT2D eigenvalue weighted by Gasteiger charge is -2.34. The molecule has 3 amide bonds. The standard InChI is InChI=1S/C14H24F2N4O2.ClH/c15-14(16,9-17)10-18-12(21)11-4-3-7-20(8-11)13(22)19-5-1-2-6-19;/h11H,1-10,17H2,(H,18,21);1H. The summed E-state index contributed by atoms with van der Waals surface area (Å²) in [7, 11) is 0. The Labute approximate surface area is 141 Å². The van der Waals surface area contributed by atoms with Gasteiger partial charge in [-0.3, -0.25) is 4.79 Å². The molecule has 0 aromatic rings. The third-order valence-electron chi connectivity index (χ3n) is 4.26. The van der Waals surface area contributed by atoms with Gasteiger partial charge in [0.25, 0.3) is 5.92 Å². The molecule has 0 spiro atoms. The summed E-state index contributed by atoms with van der Waals surface area (Å²) >= 11 is 0. The number of halogens is 3. The largest absolute Gasteiger partial charge is 0.350 e. The number of rotatable bonds is 4. The molecule has 2 saturated heterocycles. The maximum atomic E-state index is 13.1. The molecule has 1 unspecified atom stereocenters. The van der Waals surface area contributed by atoms with Crippen LogP contribution in [0.2, 0.25) is 0 Å². The van der Waals surface area contributed by atoms with Crippen LogP contribution in [0.1, 0.15) is 25.7 Å². The van der Waals surface area contributed by atoms with Gasteiger partial charge in [-0.15, -0.1) is 12.4 Å². The van der Waals surface area contributed by atoms with Gasteiger partial charge < -0.3 is 20.9 Å². The number of alkyl halides is 2. The second-order valence-electron chi connectivity index (χ2n) is 6.04. The van der Waals surface area contributed by atoms with Crippen molar-refractivity contribution in [2.75, 3.05) is 39.3 Å². The number of hydrogen-bond acceptors (Lipinski definition) is 3. The van der Waals surface area contributed by atoms with Gasteiger partial charge in [0.1, 0.15) is 0 Å². The number of likely N-dealkylation sites (tertiary alicyclic amines) is 2. The third kappa shape index (κ3) is 5.46. The zero-order valence-electron chi connectivity index (χ0n) is 13.1. The predicted molar refractivity (Wildman–Crippen MR) is 84.8 cm³/mol. The Balaban J connectivity index is 0.00000264. The molecule has 23 heavy (non-hydrogen) atoms. The fraction of sp³-hybridized carbons (Fsp3) is 0.857. The Kier molecular flexibility index (Phi) is 7.47. The van der Waals surface area contributed by atoms with Gasteiger partial charge in [-0.05, 0) is 25.7 Å². The fourth-order valence-electron chi connectivity index (χ4n) is 2.91. The maximum Gasteiger partial charge on any atom is 0.320 e. The highest BCUT2D eigenvalue weighted by molar-refractivity contribution is 5.85. The summed E-state index contributed by atoms with van der Waals surface area (Å²) in [5.74, 6) is -3.93. The number of hydrogen-bond donors (Lipinski definition) is 2. The van der Waals surface area contributed by atoms with Crippen molar-refractivity contribution in [3.8, 4) is 0 Å². The lowest BCUT2D eigenvalue weighted by molar-refractivity contribution is -0.128. The van der Waals surface area contributed by atoms with Gasteiger partial charge in [0.2, 0.25) is 5.91 Å². The number of piperidine rings is 1. The minimum absolute atomic E-state index is 0. The molecule has 2 fully saturated rings. The predicted octanol–water partition coefficient (Wildman–Crippen LogP) is 1.05. The summed E-state index contributed by atoms with van der Waals surface area (Å²) in [6, 6.07) is -0.0395. The Morgan fingerprint density at radius 1 is 1.13 bits per heavy atom. The molecule has 2 heterocycles. The summed E-state index contributed by atoms with van der Waals surface area (Å²) in [4.78, 5) is 27.8. The Bertz CT molecular complexity index is 420. The molecule has 2 aliphatic rings. The minimum atomic E-state index is -3.09. The number of nitrogens with one attached hydrogen (secondary N) is 1. The number of urea groups is 1. The second-order valence-corrected chi connectivity index (χ2v) is 6.04. The van der Waals surface area contributed by atoms with Crippen LogP contribution >= 0.6 is 12.4 Å². The van der Waals surface area contributed by atoms with Crippen LogP contribution < -0.4 is 11.1 Å². The van der Waals surface area contributed by atoms with Gasteiger partial charge in [0, 0.05) is 26.2 Å². The van der Waals surface area contributed by atoms with E-state index in [-0.39, 0.29) is 18.4 Å². The Hall–Kier alpha value is -1.15. The van der Waals surface area contributed by atoms with Crippen molar-refractivity contribution >= 4 is 24.3 Å². The van der Waals surface area contributed by atoms with E-state index in [4.69, 9.17) is 5.73 Å². The van der Waals surface area contributed by atoms with Gasteiger partial charge in [-0.1, -0.05) is 0 Å². The first-order valence-electron chi connectivity index (χ1n) is 7.82. The Morgan fingerprint density at radius 2 is 1.74 bits per heavy atom. The molecule has 2 rings (SSSR count). The summed E-state index contributed by atoms with van der Waals surface area (Å²) in [5.41, 5.74) is 4.94. The van der Waals surface area contributed by atoms with Crippen LogP contribution in [0.3, 0.4) is 0 Å². The quantitative estimate of drug-likeness (QED) is 0.792. The zero-order valence-corrected chi connectivity index (χ0v) is 13.9. The van der Waals surface area contributed by atoms with Gasteiger partial charge in [0.05, 0.1) is 19.0 Å². The molecule has 0 saturated carbocycles. The summed E-state index contributed by atoms with van der Waals surface area (Å²) < 4.78 is 26.2. The average molecular weight is 355 g/mol. The molecule has 0 aliphatic carbocycles. The van der Waals surface area contributed by atoms with Crippen LogP contribution in [0, 0.1) is 5.92 Å². The summed E-state index contributed by atoms with van der Waals surface area (Å²) in [6.45, 7) is 0.897. The van der Waals surface area contributed by atoms with Crippen molar-refractivity contribution in [1.29, 1.82) is 0 Å². The van der Waals surface area contributed by atoms with Crippen molar-refractivity contribution in [3.05, 3.63) is 0 Å². The van der Waals surface area contributed by atoms with E-state index in [0.717, 1.165) is 25.9 Å². The van der Waals surface area contributed by atoms with E-state index < -0.39 is 30.8 Å². The number of nitrogens with zero attached hydrogens (tertiary/aromatic N) is 2. The monoisotopic (exact) mass is 354 g/mol. The van der Waals surface area contributed by atoms with Crippen molar-refractivity contribution in [2.45, 2.75) is 31.6 Å². The van der Waals surface area contributed by atoms with E-state index in [9.17, 15) is 18.4 Å². The number of carbonyl (C=O) groups is 2. The van der Waals surface area contributed by atoms with Crippen LogP contribution in [0.5, 0.6) is 0 Å². The van der Waals surface area contributed by atoms with Crippen molar-refractivity contribution in [3.63, 3.8) is 0 Å². The van der Waals surface area contributed by atoms with E-state index in [1.54, 1.807) is 9.80 Å². The molecule has 0 aromatic carbocycles. The number of nitrogens with two attached hydrogens (primary N) is 1. The molecule has 0 radical (unpaired) electrons. The third-order valence-corrected chi connectivity index (χ3v) is 4.26. The molecule has 9 heteroatoms. The van der Waals surface area contributed by atoms with Crippen molar-refractivity contribution < 1.29 is 18.4 Å². The molecule has 2 aliphatic heterocycles. The Morgan fingerprint density at radius 3 is 2.35 bits per heavy atom. The van der Waals surface area contributed by atoms with Crippen LogP contribution in [0.15, 0.2) is 0 Å². The van der Waals surface area contributed by atoms with E-state index in [1.807, 2.05) is 0 Å². The lowest BCUT2D eigenvalue weighted by Crippen LogP contribution is -2.51. The van der Waals surface area contributed by atoms with E-state index in [2.05, 4.69) is 5.32 Å². The van der Waals surface area contributed by atoms with Gasteiger partial charge in [-0.2, -0.15) is 0 Å². The molecule has 1 atom stereocenters.